The van der Waals surface area contributed by atoms with Crippen LogP contribution in [0.5, 0.6) is 0 Å². The maximum Gasteiger partial charge on any atom is 0.385 e. The van der Waals surface area contributed by atoms with E-state index < -0.39 is 5.97 Å². The highest BCUT2D eigenvalue weighted by molar-refractivity contribution is 5.88. The lowest BCUT2D eigenvalue weighted by molar-refractivity contribution is 0.0511. The number of hydrogen-bond acceptors (Lipinski definition) is 4. The molecule has 5 nitrogen and oxygen atoms in total. The van der Waals surface area contributed by atoms with Gasteiger partial charge in [0.05, 0.1) is 6.21 Å². The molecule has 0 aliphatic rings. The highest BCUT2D eigenvalue weighted by Crippen LogP contribution is 2.03. The number of benzene rings is 1. The lowest BCUT2D eigenvalue weighted by Crippen LogP contribution is -2.03. The minimum Gasteiger partial charge on any atom is -0.311 e. The summed E-state index contributed by atoms with van der Waals surface area (Å²) in [6.45, 7) is 1.86. The molecule has 0 atom stereocenters. The van der Waals surface area contributed by atoms with E-state index >= 15 is 0 Å². The molecule has 1 heterocycles. The molecule has 92 valence electrons. The lowest BCUT2D eigenvalue weighted by Gasteiger charge is -1.93. The minimum absolute atomic E-state index is 0.250. The fourth-order valence-electron chi connectivity index (χ4n) is 1.38. The van der Waals surface area contributed by atoms with E-state index in [2.05, 4.69) is 10.3 Å². The molecular weight excluding hydrogens is 230 g/mol. The molecule has 1 aromatic heterocycles. The van der Waals surface area contributed by atoms with Gasteiger partial charge in [0.1, 0.15) is 0 Å². The molecule has 0 aliphatic carbocycles. The van der Waals surface area contributed by atoms with Crippen LogP contribution in [0.25, 0.3) is 0 Å². The number of nitrogens with zero attached hydrogens (tertiary/aromatic N) is 3. The van der Waals surface area contributed by atoms with E-state index in [9.17, 15) is 4.79 Å². The quantitative estimate of drug-likeness (QED) is 0.470. The summed E-state index contributed by atoms with van der Waals surface area (Å²) in [5.41, 5.74) is 2.00. The first-order valence-electron chi connectivity index (χ1n) is 5.47. The van der Waals surface area contributed by atoms with Crippen molar-refractivity contribution in [3.05, 3.63) is 53.3 Å². The van der Waals surface area contributed by atoms with E-state index in [0.717, 1.165) is 11.3 Å². The van der Waals surface area contributed by atoms with Crippen LogP contribution in [-0.4, -0.2) is 22.0 Å². The van der Waals surface area contributed by atoms with Crippen LogP contribution in [0.1, 0.15) is 21.7 Å². The second-order valence-electron chi connectivity index (χ2n) is 3.82. The van der Waals surface area contributed by atoms with Crippen LogP contribution in [0.4, 0.5) is 0 Å². The summed E-state index contributed by atoms with van der Waals surface area (Å²) in [6, 6.07) is 11.0. The molecule has 5 heteroatoms. The molecule has 0 unspecified atom stereocenters. The van der Waals surface area contributed by atoms with Gasteiger partial charge >= 0.3 is 5.97 Å². The lowest BCUT2D eigenvalue weighted by atomic mass is 10.2. The topological polar surface area (TPSA) is 56.5 Å². The molecule has 0 fully saturated rings. The maximum absolute atomic E-state index is 11.6. The van der Waals surface area contributed by atoms with Gasteiger partial charge in [-0.2, -0.15) is 5.10 Å². The van der Waals surface area contributed by atoms with Crippen LogP contribution in [0.15, 0.2) is 41.6 Å². The van der Waals surface area contributed by atoms with Crippen LogP contribution >= 0.6 is 0 Å². The van der Waals surface area contributed by atoms with Crippen molar-refractivity contribution in [3.8, 4) is 0 Å². The number of hydrogen-bond donors (Lipinski definition) is 0. The molecular formula is C13H13N3O2. The van der Waals surface area contributed by atoms with Crippen molar-refractivity contribution in [1.29, 1.82) is 0 Å². The van der Waals surface area contributed by atoms with Gasteiger partial charge in [0, 0.05) is 12.7 Å². The number of oxime groups is 1. The zero-order valence-electron chi connectivity index (χ0n) is 10.2. The van der Waals surface area contributed by atoms with Gasteiger partial charge in [-0.1, -0.05) is 35.5 Å². The van der Waals surface area contributed by atoms with Gasteiger partial charge in [0.25, 0.3) is 0 Å². The van der Waals surface area contributed by atoms with Gasteiger partial charge in [0.2, 0.25) is 0 Å². The zero-order valence-corrected chi connectivity index (χ0v) is 10.2. The summed E-state index contributed by atoms with van der Waals surface area (Å²) in [5.74, 6) is -0.564. The van der Waals surface area contributed by atoms with Crippen LogP contribution in [0, 0.1) is 6.92 Å². The third-order valence-electron chi connectivity index (χ3n) is 2.46. The third-order valence-corrected chi connectivity index (χ3v) is 2.46. The number of rotatable bonds is 3. The van der Waals surface area contributed by atoms with Crippen molar-refractivity contribution >= 4 is 12.2 Å². The molecule has 0 saturated heterocycles. The molecule has 0 bridgehead atoms. The van der Waals surface area contributed by atoms with Gasteiger partial charge in [-0.25, -0.2) is 4.79 Å². The molecule has 2 rings (SSSR count). The van der Waals surface area contributed by atoms with E-state index in [1.807, 2.05) is 37.3 Å². The predicted octanol–water partition coefficient (Wildman–Crippen LogP) is 1.92. The molecule has 0 N–H and O–H groups in total. The standard InChI is InChI=1S/C13H13N3O2/c1-10-8-12(15-16(10)2)13(17)18-14-9-11-6-4-3-5-7-11/h3-9H,1-2H3/b14-9+. The number of carbonyl (C=O) groups excluding carboxylic acids is 1. The van der Waals surface area contributed by atoms with Crippen LogP contribution < -0.4 is 0 Å². The fourth-order valence-corrected chi connectivity index (χ4v) is 1.38. The molecule has 18 heavy (non-hydrogen) atoms. The molecule has 0 saturated carbocycles. The van der Waals surface area contributed by atoms with E-state index in [-0.39, 0.29) is 5.69 Å². The number of aryl methyl sites for hydroxylation is 2. The second-order valence-corrected chi connectivity index (χ2v) is 3.82. The van der Waals surface area contributed by atoms with Gasteiger partial charge in [0.15, 0.2) is 5.69 Å². The van der Waals surface area contributed by atoms with Crippen LogP contribution in [0.2, 0.25) is 0 Å². The van der Waals surface area contributed by atoms with Crippen molar-refractivity contribution in [2.75, 3.05) is 0 Å². The Bertz CT molecular complexity index is 554. The predicted molar refractivity (Wildman–Crippen MR) is 67.4 cm³/mol. The zero-order chi connectivity index (χ0) is 13.0. The van der Waals surface area contributed by atoms with E-state index in [0.29, 0.717) is 0 Å². The molecule has 0 radical (unpaired) electrons. The Balaban J connectivity index is 1.98. The average molecular weight is 243 g/mol. The molecule has 0 spiro atoms. The highest BCUT2D eigenvalue weighted by atomic mass is 16.7. The minimum atomic E-state index is -0.564. The SMILES string of the molecule is Cc1cc(C(=O)O/N=C/c2ccccc2)nn1C. The Kier molecular flexibility index (Phi) is 3.52. The maximum atomic E-state index is 11.6. The third kappa shape index (κ3) is 2.82. The Hall–Kier alpha value is -2.43. The van der Waals surface area contributed by atoms with Crippen molar-refractivity contribution < 1.29 is 9.63 Å². The average Bonchev–Trinajstić information content (AvgIpc) is 2.71. The normalized spacial score (nSPS) is 10.8. The second kappa shape index (κ2) is 5.27. The summed E-state index contributed by atoms with van der Waals surface area (Å²) >= 11 is 0. The number of aromatic nitrogens is 2. The van der Waals surface area contributed by atoms with Crippen molar-refractivity contribution in [1.82, 2.24) is 9.78 Å². The first kappa shape index (κ1) is 12.0. The Morgan fingerprint density at radius 2 is 2.11 bits per heavy atom. The smallest absolute Gasteiger partial charge is 0.311 e. The highest BCUT2D eigenvalue weighted by Gasteiger charge is 2.12. The first-order chi connectivity index (χ1) is 8.66. The summed E-state index contributed by atoms with van der Waals surface area (Å²) in [4.78, 5) is 16.3. The Morgan fingerprint density at radius 3 is 2.72 bits per heavy atom. The van der Waals surface area contributed by atoms with E-state index in [1.54, 1.807) is 17.8 Å². The van der Waals surface area contributed by atoms with Gasteiger partial charge in [-0.15, -0.1) is 0 Å². The number of carbonyl (C=O) groups is 1. The van der Waals surface area contributed by atoms with Crippen molar-refractivity contribution in [2.24, 2.45) is 12.2 Å². The van der Waals surface area contributed by atoms with Gasteiger partial charge in [-0.3, -0.25) is 4.68 Å². The molecule has 1 aromatic carbocycles. The summed E-state index contributed by atoms with van der Waals surface area (Å²) < 4.78 is 1.61. The Morgan fingerprint density at radius 1 is 1.39 bits per heavy atom. The summed E-state index contributed by atoms with van der Waals surface area (Å²) in [6.07, 6.45) is 1.48. The first-order valence-corrected chi connectivity index (χ1v) is 5.47. The van der Waals surface area contributed by atoms with Crippen molar-refractivity contribution in [3.63, 3.8) is 0 Å². The summed E-state index contributed by atoms with van der Waals surface area (Å²) in [7, 11) is 1.76. The van der Waals surface area contributed by atoms with Crippen LogP contribution in [0.3, 0.4) is 0 Å². The van der Waals surface area contributed by atoms with E-state index in [4.69, 9.17) is 4.84 Å². The molecule has 2 aromatic rings. The molecule has 0 aliphatic heterocycles. The van der Waals surface area contributed by atoms with Crippen LogP contribution in [-0.2, 0) is 11.9 Å². The van der Waals surface area contributed by atoms with Crippen molar-refractivity contribution in [2.45, 2.75) is 6.92 Å². The van der Waals surface area contributed by atoms with E-state index in [1.165, 1.54) is 6.21 Å². The molecule has 0 amide bonds. The summed E-state index contributed by atoms with van der Waals surface area (Å²) in [5, 5.41) is 7.64. The fraction of sp³-hybridized carbons (Fsp3) is 0.154. The monoisotopic (exact) mass is 243 g/mol. The van der Waals surface area contributed by atoms with Gasteiger partial charge in [-0.05, 0) is 18.6 Å². The van der Waals surface area contributed by atoms with Gasteiger partial charge < -0.3 is 4.84 Å². The largest absolute Gasteiger partial charge is 0.385 e. The Labute approximate surface area is 105 Å².